The minimum atomic E-state index is -0.276. The molecule has 1 amide bonds. The molecule has 5 unspecified atom stereocenters. The summed E-state index contributed by atoms with van der Waals surface area (Å²) in [7, 11) is 0. The third-order valence-electron chi connectivity index (χ3n) is 7.07. The molecule has 0 aromatic heterocycles. The number of esters is 1. The maximum Gasteiger partial charge on any atom is 0.338 e. The average Bonchev–Trinajstić information content (AvgIpc) is 2.70. The molecule has 1 aromatic rings. The van der Waals surface area contributed by atoms with Gasteiger partial charge in [0.2, 0.25) is 5.91 Å². The first-order valence-electron chi connectivity index (χ1n) is 10.4. The normalized spacial score (nSPS) is 35.1. The van der Waals surface area contributed by atoms with Crippen molar-refractivity contribution in [2.24, 2.45) is 11.8 Å². The summed E-state index contributed by atoms with van der Waals surface area (Å²) in [6, 6.07) is 9.33. The highest BCUT2D eigenvalue weighted by Gasteiger charge is 2.54. The van der Waals surface area contributed by atoms with Crippen LogP contribution in [0.3, 0.4) is 0 Å². The van der Waals surface area contributed by atoms with Crippen LogP contribution in [0.5, 0.6) is 0 Å². The molecular formula is C22H26N2O4. The Bertz CT molecular complexity index is 791. The number of hydrogen-bond donors (Lipinski definition) is 0. The van der Waals surface area contributed by atoms with E-state index < -0.39 is 0 Å². The van der Waals surface area contributed by atoms with Crippen molar-refractivity contribution in [2.45, 2.75) is 50.3 Å². The van der Waals surface area contributed by atoms with E-state index in [1.54, 1.807) is 12.1 Å². The molecule has 4 heterocycles. The number of nitrogens with zero attached hydrogens (tertiary/aromatic N) is 2. The number of ketones is 1. The van der Waals surface area contributed by atoms with E-state index in [1.165, 1.54) is 0 Å². The number of Topliss-reactive ketones (excluding diaryl/α,β-unsaturated/α-hetero) is 1. The fourth-order valence-electron chi connectivity index (χ4n) is 5.73. The van der Waals surface area contributed by atoms with E-state index in [0.29, 0.717) is 37.4 Å². The van der Waals surface area contributed by atoms with Gasteiger partial charge in [-0.1, -0.05) is 18.2 Å². The van der Waals surface area contributed by atoms with Crippen molar-refractivity contribution < 1.29 is 19.1 Å². The van der Waals surface area contributed by atoms with Crippen molar-refractivity contribution in [2.75, 3.05) is 19.6 Å². The van der Waals surface area contributed by atoms with Crippen LogP contribution < -0.4 is 0 Å². The number of piperidine rings is 4. The molecule has 1 aromatic carbocycles. The topological polar surface area (TPSA) is 66.9 Å². The van der Waals surface area contributed by atoms with Crippen LogP contribution >= 0.6 is 0 Å². The van der Waals surface area contributed by atoms with Crippen LogP contribution in [-0.2, 0) is 14.3 Å². The second-order valence-electron chi connectivity index (χ2n) is 8.61. The molecule has 2 bridgehead atoms. The highest BCUT2D eigenvalue weighted by atomic mass is 16.5. The first kappa shape index (κ1) is 17.9. The number of benzene rings is 1. The second kappa shape index (κ2) is 6.99. The maximum absolute atomic E-state index is 13.0. The van der Waals surface area contributed by atoms with Crippen molar-refractivity contribution in [1.29, 1.82) is 0 Å². The van der Waals surface area contributed by atoms with E-state index in [0.717, 1.165) is 25.7 Å². The standard InChI is InChI=1S/C22H26N2O4/c25-20-8-4-7-19-16-12-23-11-15(28-22(27)14-5-2-1-3-6-14)9-10-18(23)17(21(16)26)13-24(19)20/h1-3,5-6,15-19H,4,7-13H2. The van der Waals surface area contributed by atoms with Crippen LogP contribution in [-0.4, -0.2) is 65.3 Å². The quantitative estimate of drug-likeness (QED) is 0.731. The summed E-state index contributed by atoms with van der Waals surface area (Å²) in [4.78, 5) is 42.2. The number of carbonyl (C=O) groups is 3. The molecule has 0 aliphatic carbocycles. The zero-order chi connectivity index (χ0) is 19.3. The predicted molar refractivity (Wildman–Crippen MR) is 102 cm³/mol. The Morgan fingerprint density at radius 2 is 1.71 bits per heavy atom. The van der Waals surface area contributed by atoms with Crippen molar-refractivity contribution in [3.05, 3.63) is 35.9 Å². The Morgan fingerprint density at radius 3 is 2.54 bits per heavy atom. The summed E-state index contributed by atoms with van der Waals surface area (Å²) >= 11 is 0. The molecule has 6 heteroatoms. The maximum atomic E-state index is 13.0. The molecule has 4 saturated heterocycles. The average molecular weight is 382 g/mol. The van der Waals surface area contributed by atoms with Crippen molar-refractivity contribution in [3.63, 3.8) is 0 Å². The summed E-state index contributed by atoms with van der Waals surface area (Å²) in [6.45, 7) is 1.95. The zero-order valence-corrected chi connectivity index (χ0v) is 16.0. The lowest BCUT2D eigenvalue weighted by Gasteiger charge is -2.56. The summed E-state index contributed by atoms with van der Waals surface area (Å²) in [6.07, 6.45) is 3.90. The van der Waals surface area contributed by atoms with E-state index in [-0.39, 0.29) is 41.9 Å². The van der Waals surface area contributed by atoms with Crippen LogP contribution in [0.1, 0.15) is 42.5 Å². The van der Waals surface area contributed by atoms with Gasteiger partial charge in [-0.25, -0.2) is 4.79 Å². The van der Waals surface area contributed by atoms with Gasteiger partial charge in [0.05, 0.1) is 17.4 Å². The first-order valence-corrected chi connectivity index (χ1v) is 10.4. The van der Waals surface area contributed by atoms with E-state index in [2.05, 4.69) is 4.90 Å². The SMILES string of the molecule is O=C(OC1CCC2C3CN4C(=O)CCCC4C(CN2C1)C3=O)c1ccccc1. The smallest absolute Gasteiger partial charge is 0.338 e. The van der Waals surface area contributed by atoms with Gasteiger partial charge in [-0.05, 0) is 37.8 Å². The van der Waals surface area contributed by atoms with Crippen LogP contribution in [0.15, 0.2) is 30.3 Å². The molecular weight excluding hydrogens is 356 g/mol. The van der Waals surface area contributed by atoms with Crippen molar-refractivity contribution >= 4 is 17.7 Å². The Hall–Kier alpha value is -2.21. The lowest BCUT2D eigenvalue weighted by atomic mass is 9.69. The van der Waals surface area contributed by atoms with Crippen molar-refractivity contribution in [1.82, 2.24) is 9.80 Å². The highest BCUT2D eigenvalue weighted by molar-refractivity contribution is 5.90. The molecule has 6 nitrogen and oxygen atoms in total. The number of carbonyl (C=O) groups excluding carboxylic acids is 3. The van der Waals surface area contributed by atoms with Gasteiger partial charge in [0.1, 0.15) is 11.9 Å². The summed E-state index contributed by atoms with van der Waals surface area (Å²) in [5, 5.41) is 0. The summed E-state index contributed by atoms with van der Waals surface area (Å²) in [5.74, 6) is 0.140. The number of ether oxygens (including phenoxy) is 1. The van der Waals surface area contributed by atoms with Gasteiger partial charge < -0.3 is 9.64 Å². The number of hydrogen-bond acceptors (Lipinski definition) is 5. The van der Waals surface area contributed by atoms with Gasteiger partial charge in [-0.3, -0.25) is 14.5 Å². The van der Waals surface area contributed by atoms with Gasteiger partial charge in [0.15, 0.2) is 0 Å². The number of rotatable bonds is 2. The fourth-order valence-corrected chi connectivity index (χ4v) is 5.73. The Morgan fingerprint density at radius 1 is 0.929 bits per heavy atom. The Balaban J connectivity index is 1.29. The van der Waals surface area contributed by atoms with E-state index in [9.17, 15) is 14.4 Å². The molecule has 4 aliphatic heterocycles. The van der Waals surface area contributed by atoms with E-state index in [1.807, 2.05) is 23.1 Å². The molecule has 5 atom stereocenters. The number of amides is 1. The summed E-state index contributed by atoms with van der Waals surface area (Å²) < 4.78 is 5.77. The molecule has 5 rings (SSSR count). The Labute approximate surface area is 164 Å². The second-order valence-corrected chi connectivity index (χ2v) is 8.61. The first-order chi connectivity index (χ1) is 13.6. The lowest BCUT2D eigenvalue weighted by molar-refractivity contribution is -0.162. The lowest BCUT2D eigenvalue weighted by Crippen LogP contribution is -2.69. The van der Waals surface area contributed by atoms with Gasteiger partial charge in [0.25, 0.3) is 0 Å². The molecule has 0 N–H and O–H groups in total. The molecule has 0 saturated carbocycles. The minimum Gasteiger partial charge on any atom is -0.457 e. The summed E-state index contributed by atoms with van der Waals surface area (Å²) in [5.41, 5.74) is 0.576. The molecule has 28 heavy (non-hydrogen) atoms. The third kappa shape index (κ3) is 2.94. The van der Waals surface area contributed by atoms with E-state index >= 15 is 0 Å². The number of fused-ring (bicyclic) bond motifs is 6. The molecule has 4 aliphatic rings. The Kier molecular flexibility index (Phi) is 4.46. The largest absolute Gasteiger partial charge is 0.457 e. The molecule has 0 radical (unpaired) electrons. The third-order valence-corrected chi connectivity index (χ3v) is 7.07. The van der Waals surface area contributed by atoms with Gasteiger partial charge in [-0.15, -0.1) is 0 Å². The van der Waals surface area contributed by atoms with Gasteiger partial charge in [-0.2, -0.15) is 0 Å². The molecule has 4 fully saturated rings. The fraction of sp³-hybridized carbons (Fsp3) is 0.591. The van der Waals surface area contributed by atoms with Gasteiger partial charge >= 0.3 is 5.97 Å². The zero-order valence-electron chi connectivity index (χ0n) is 16.0. The van der Waals surface area contributed by atoms with Crippen LogP contribution in [0, 0.1) is 11.8 Å². The minimum absolute atomic E-state index is 0.0678. The predicted octanol–water partition coefficient (Wildman–Crippen LogP) is 1.89. The van der Waals surface area contributed by atoms with E-state index in [4.69, 9.17) is 4.74 Å². The van der Waals surface area contributed by atoms with Crippen LogP contribution in [0.4, 0.5) is 0 Å². The molecule has 148 valence electrons. The van der Waals surface area contributed by atoms with Crippen LogP contribution in [0.2, 0.25) is 0 Å². The monoisotopic (exact) mass is 382 g/mol. The highest BCUT2D eigenvalue weighted by Crippen LogP contribution is 2.41. The van der Waals surface area contributed by atoms with Gasteiger partial charge in [0, 0.05) is 38.1 Å². The molecule has 0 spiro atoms. The van der Waals surface area contributed by atoms with Crippen molar-refractivity contribution in [3.8, 4) is 0 Å². The van der Waals surface area contributed by atoms with Crippen LogP contribution in [0.25, 0.3) is 0 Å².